The van der Waals surface area contributed by atoms with Crippen LogP contribution in [-0.4, -0.2) is 8.42 Å². The molecule has 0 bridgehead atoms. The molecule has 0 aliphatic carbocycles. The maximum absolute atomic E-state index is 12.3. The van der Waals surface area contributed by atoms with E-state index in [1.54, 1.807) is 12.1 Å². The van der Waals surface area contributed by atoms with Gasteiger partial charge in [-0.3, -0.25) is 4.72 Å². The Bertz CT molecular complexity index is 700. The first-order valence-corrected chi connectivity index (χ1v) is 8.55. The van der Waals surface area contributed by atoms with Gasteiger partial charge in [-0.1, -0.05) is 12.1 Å². The summed E-state index contributed by atoms with van der Waals surface area (Å²) in [6.45, 7) is 0.136. The van der Waals surface area contributed by atoms with Gasteiger partial charge >= 0.3 is 0 Å². The molecule has 8 heteroatoms. The van der Waals surface area contributed by atoms with Crippen molar-refractivity contribution < 1.29 is 12.8 Å². The standard InChI is InChI=1S/C11H10BrIN2O3S/c12-11-10(5-7(6-14)18-11)19(16,17)15-9-4-2-1-3-8(9)13/h1-5,15H,6,14H2. The van der Waals surface area contributed by atoms with E-state index in [-0.39, 0.29) is 16.1 Å². The second-order valence-corrected chi connectivity index (χ2v) is 7.17. The fourth-order valence-electron chi connectivity index (χ4n) is 1.43. The third-order valence-electron chi connectivity index (χ3n) is 2.32. The van der Waals surface area contributed by atoms with Crippen molar-refractivity contribution in [3.05, 3.63) is 44.3 Å². The lowest BCUT2D eigenvalue weighted by molar-refractivity contribution is 0.484. The third kappa shape index (κ3) is 3.30. The molecule has 0 aliphatic heterocycles. The minimum absolute atomic E-state index is 0.0348. The molecule has 2 rings (SSSR count). The number of nitrogens with two attached hydrogens (primary N) is 1. The summed E-state index contributed by atoms with van der Waals surface area (Å²) in [5.41, 5.74) is 5.94. The Balaban J connectivity index is 2.38. The van der Waals surface area contributed by atoms with E-state index >= 15 is 0 Å². The Hall–Kier alpha value is -0.580. The molecule has 1 heterocycles. The number of para-hydroxylation sites is 1. The minimum Gasteiger partial charge on any atom is -0.452 e. The molecule has 0 amide bonds. The van der Waals surface area contributed by atoms with Crippen LogP contribution in [0, 0.1) is 3.57 Å². The molecule has 0 saturated carbocycles. The van der Waals surface area contributed by atoms with Gasteiger partial charge in [0.1, 0.15) is 10.7 Å². The van der Waals surface area contributed by atoms with E-state index in [9.17, 15) is 8.42 Å². The molecule has 0 unspecified atom stereocenters. The fourth-order valence-corrected chi connectivity index (χ4v) is 4.21. The lowest BCUT2D eigenvalue weighted by Gasteiger charge is -2.08. The van der Waals surface area contributed by atoms with E-state index in [2.05, 4.69) is 43.2 Å². The summed E-state index contributed by atoms with van der Waals surface area (Å²) in [7, 11) is -3.71. The van der Waals surface area contributed by atoms with E-state index in [1.807, 2.05) is 12.1 Å². The van der Waals surface area contributed by atoms with Gasteiger partial charge in [0.05, 0.1) is 12.2 Å². The Morgan fingerprint density at radius 3 is 2.63 bits per heavy atom. The van der Waals surface area contributed by atoms with Crippen molar-refractivity contribution in [1.82, 2.24) is 0 Å². The molecule has 19 heavy (non-hydrogen) atoms. The smallest absolute Gasteiger partial charge is 0.266 e. The van der Waals surface area contributed by atoms with Crippen molar-refractivity contribution in [2.75, 3.05) is 4.72 Å². The molecule has 0 aliphatic rings. The predicted molar refractivity (Wildman–Crippen MR) is 84.3 cm³/mol. The van der Waals surface area contributed by atoms with Gasteiger partial charge in [-0.15, -0.1) is 0 Å². The average Bonchev–Trinajstić information content (AvgIpc) is 2.74. The summed E-state index contributed by atoms with van der Waals surface area (Å²) < 4.78 is 33.2. The zero-order valence-electron chi connectivity index (χ0n) is 9.56. The maximum atomic E-state index is 12.3. The van der Waals surface area contributed by atoms with Crippen LogP contribution < -0.4 is 10.5 Å². The number of sulfonamides is 1. The van der Waals surface area contributed by atoms with Crippen LogP contribution in [0.4, 0.5) is 5.69 Å². The Morgan fingerprint density at radius 2 is 2.05 bits per heavy atom. The van der Waals surface area contributed by atoms with Crippen LogP contribution >= 0.6 is 38.5 Å². The lowest BCUT2D eigenvalue weighted by Crippen LogP contribution is -2.13. The van der Waals surface area contributed by atoms with Gasteiger partial charge in [-0.25, -0.2) is 8.42 Å². The van der Waals surface area contributed by atoms with Gasteiger partial charge < -0.3 is 10.2 Å². The zero-order valence-corrected chi connectivity index (χ0v) is 14.1. The van der Waals surface area contributed by atoms with E-state index in [0.717, 1.165) is 3.57 Å². The molecule has 0 atom stereocenters. The molecule has 102 valence electrons. The molecule has 1 aromatic heterocycles. The highest BCUT2D eigenvalue weighted by Crippen LogP contribution is 2.28. The lowest BCUT2D eigenvalue weighted by atomic mass is 10.3. The molecule has 0 radical (unpaired) electrons. The normalized spacial score (nSPS) is 11.5. The Morgan fingerprint density at radius 1 is 1.37 bits per heavy atom. The van der Waals surface area contributed by atoms with Crippen molar-refractivity contribution in [2.45, 2.75) is 11.4 Å². The van der Waals surface area contributed by atoms with Crippen LogP contribution in [0.1, 0.15) is 5.76 Å². The monoisotopic (exact) mass is 456 g/mol. The summed E-state index contributed by atoms with van der Waals surface area (Å²) in [4.78, 5) is 0.0348. The molecule has 0 fully saturated rings. The first-order chi connectivity index (χ1) is 8.94. The van der Waals surface area contributed by atoms with Crippen LogP contribution in [0.3, 0.4) is 0 Å². The Labute approximate surface area is 132 Å². The van der Waals surface area contributed by atoms with E-state index in [1.165, 1.54) is 6.07 Å². The third-order valence-corrected chi connectivity index (χ3v) is 5.48. The largest absolute Gasteiger partial charge is 0.452 e. The maximum Gasteiger partial charge on any atom is 0.266 e. The van der Waals surface area contributed by atoms with Crippen molar-refractivity contribution >= 4 is 54.2 Å². The van der Waals surface area contributed by atoms with Crippen molar-refractivity contribution in [2.24, 2.45) is 5.73 Å². The number of furan rings is 1. The molecule has 3 N–H and O–H groups in total. The summed E-state index contributed by atoms with van der Waals surface area (Å²) in [6, 6.07) is 8.50. The molecule has 0 spiro atoms. The number of halogens is 2. The number of anilines is 1. The molecule has 1 aromatic carbocycles. The van der Waals surface area contributed by atoms with Gasteiger partial charge in [0, 0.05) is 9.64 Å². The summed E-state index contributed by atoms with van der Waals surface area (Å²) in [5.74, 6) is 0.398. The number of nitrogens with one attached hydrogen (secondary N) is 1. The zero-order chi connectivity index (χ0) is 14.0. The predicted octanol–water partition coefficient (Wildman–Crippen LogP) is 2.91. The van der Waals surface area contributed by atoms with Gasteiger partial charge in [0.15, 0.2) is 4.67 Å². The first kappa shape index (κ1) is 14.8. The van der Waals surface area contributed by atoms with E-state index < -0.39 is 10.0 Å². The van der Waals surface area contributed by atoms with Crippen molar-refractivity contribution in [1.29, 1.82) is 0 Å². The molecule has 5 nitrogen and oxygen atoms in total. The van der Waals surface area contributed by atoms with Gasteiger partial charge in [0.25, 0.3) is 10.0 Å². The van der Waals surface area contributed by atoms with Gasteiger partial charge in [-0.2, -0.15) is 0 Å². The van der Waals surface area contributed by atoms with Crippen LogP contribution in [0.15, 0.2) is 44.3 Å². The quantitative estimate of drug-likeness (QED) is 0.692. The SMILES string of the molecule is NCc1cc(S(=O)(=O)Nc2ccccc2I)c(Br)o1. The second-order valence-electron chi connectivity index (χ2n) is 3.64. The van der Waals surface area contributed by atoms with Crippen LogP contribution in [0.25, 0.3) is 0 Å². The Kier molecular flexibility index (Phi) is 4.54. The van der Waals surface area contributed by atoms with Gasteiger partial charge in [0.2, 0.25) is 0 Å². The van der Waals surface area contributed by atoms with E-state index in [4.69, 9.17) is 10.2 Å². The topological polar surface area (TPSA) is 85.3 Å². The fraction of sp³-hybridized carbons (Fsp3) is 0.0909. The number of hydrogen-bond acceptors (Lipinski definition) is 4. The summed E-state index contributed by atoms with van der Waals surface area (Å²) >= 11 is 5.14. The van der Waals surface area contributed by atoms with Crippen LogP contribution in [-0.2, 0) is 16.6 Å². The van der Waals surface area contributed by atoms with Gasteiger partial charge in [-0.05, 0) is 50.7 Å². The van der Waals surface area contributed by atoms with Crippen molar-refractivity contribution in [3.63, 3.8) is 0 Å². The van der Waals surface area contributed by atoms with Crippen molar-refractivity contribution in [3.8, 4) is 0 Å². The number of hydrogen-bond donors (Lipinski definition) is 2. The average molecular weight is 457 g/mol. The molecular weight excluding hydrogens is 447 g/mol. The second kappa shape index (κ2) is 5.81. The highest BCUT2D eigenvalue weighted by atomic mass is 127. The molecule has 0 saturated heterocycles. The van der Waals surface area contributed by atoms with Crippen LogP contribution in [0.2, 0.25) is 0 Å². The van der Waals surface area contributed by atoms with E-state index in [0.29, 0.717) is 11.4 Å². The molecule has 2 aromatic rings. The molecular formula is C11H10BrIN2O3S. The highest BCUT2D eigenvalue weighted by Gasteiger charge is 2.22. The van der Waals surface area contributed by atoms with Crippen LogP contribution in [0.5, 0.6) is 0 Å². The number of rotatable bonds is 4. The first-order valence-electron chi connectivity index (χ1n) is 5.19. The summed E-state index contributed by atoms with van der Waals surface area (Å²) in [5, 5.41) is 0. The number of benzene rings is 1. The minimum atomic E-state index is -3.71. The highest BCUT2D eigenvalue weighted by molar-refractivity contribution is 14.1. The summed E-state index contributed by atoms with van der Waals surface area (Å²) in [6.07, 6.45) is 0.